The Morgan fingerprint density at radius 1 is 1.36 bits per heavy atom. The quantitative estimate of drug-likeness (QED) is 0.534. The van der Waals surface area contributed by atoms with Gasteiger partial charge in [0.2, 0.25) is 0 Å². The van der Waals surface area contributed by atoms with Crippen molar-refractivity contribution in [3.63, 3.8) is 0 Å². The zero-order valence-corrected chi connectivity index (χ0v) is 17.5. The van der Waals surface area contributed by atoms with Crippen LogP contribution >= 0.6 is 23.2 Å². The zero-order chi connectivity index (χ0) is 20.5. The predicted octanol–water partition coefficient (Wildman–Crippen LogP) is 3.39. The Morgan fingerprint density at radius 3 is 2.79 bits per heavy atom. The highest BCUT2D eigenvalue weighted by atomic mass is 35.5. The molecule has 3 rings (SSSR count). The first-order valence-electron chi connectivity index (χ1n) is 8.74. The van der Waals surface area contributed by atoms with E-state index in [0.717, 1.165) is 5.56 Å². The minimum absolute atomic E-state index is 0.0145. The van der Waals surface area contributed by atoms with Crippen molar-refractivity contribution in [2.24, 2.45) is 0 Å². The normalized spacial score (nSPS) is 16.1. The Labute approximate surface area is 172 Å². The summed E-state index contributed by atoms with van der Waals surface area (Å²) in [5.74, 6) is -0.885. The average Bonchev–Trinajstić information content (AvgIpc) is 2.94. The predicted molar refractivity (Wildman–Crippen MR) is 108 cm³/mol. The number of rotatable bonds is 8. The Bertz CT molecular complexity index is 1010. The van der Waals surface area contributed by atoms with E-state index in [4.69, 9.17) is 33.0 Å². The number of aryl methyl sites for hydroxylation is 1. The lowest BCUT2D eigenvalue weighted by molar-refractivity contribution is -0.137. The molecule has 1 aromatic heterocycles. The molecule has 0 radical (unpaired) electrons. The van der Waals surface area contributed by atoms with E-state index in [2.05, 4.69) is 9.71 Å². The van der Waals surface area contributed by atoms with Gasteiger partial charge in [0, 0.05) is 44.3 Å². The molecule has 2 heterocycles. The van der Waals surface area contributed by atoms with Crippen LogP contribution in [-0.2, 0) is 32.7 Å². The third kappa shape index (κ3) is 4.23. The zero-order valence-electron chi connectivity index (χ0n) is 15.2. The summed E-state index contributed by atoms with van der Waals surface area (Å²) in [6.07, 6.45) is 1.41. The summed E-state index contributed by atoms with van der Waals surface area (Å²) in [6.45, 7) is 0.976. The van der Waals surface area contributed by atoms with Crippen molar-refractivity contribution >= 4 is 56.0 Å². The molecule has 0 spiro atoms. The molecule has 3 N–H and O–H groups in total. The largest absolute Gasteiger partial charge is 0.481 e. The van der Waals surface area contributed by atoms with Crippen LogP contribution in [0.25, 0.3) is 10.9 Å². The number of nitrogens with one attached hydrogen (secondary N) is 2. The van der Waals surface area contributed by atoms with Gasteiger partial charge < -0.3 is 14.8 Å². The van der Waals surface area contributed by atoms with Crippen LogP contribution in [0.3, 0.4) is 0 Å². The molecule has 8 nitrogen and oxygen atoms in total. The number of aromatic nitrogens is 1. The number of hydrogen-bond acceptors (Lipinski definition) is 4. The molecule has 2 aromatic rings. The summed E-state index contributed by atoms with van der Waals surface area (Å²) in [7, 11) is -2.14. The number of halogens is 2. The fourth-order valence-electron chi connectivity index (χ4n) is 3.28. The lowest BCUT2D eigenvalue weighted by atomic mass is 10.1. The van der Waals surface area contributed by atoms with Gasteiger partial charge in [0.25, 0.3) is 0 Å². The van der Waals surface area contributed by atoms with Gasteiger partial charge in [0.1, 0.15) is 0 Å². The molecule has 28 heavy (non-hydrogen) atoms. The number of anilines is 1. The summed E-state index contributed by atoms with van der Waals surface area (Å²) >= 11 is 12.9. The molecule has 0 unspecified atom stereocenters. The number of carbonyl (C=O) groups is 1. The van der Waals surface area contributed by atoms with Crippen LogP contribution in [0.5, 0.6) is 0 Å². The van der Waals surface area contributed by atoms with E-state index >= 15 is 0 Å². The number of aromatic amines is 1. The van der Waals surface area contributed by atoms with Gasteiger partial charge in [0.15, 0.2) is 0 Å². The SMILES string of the molecule is COCCCN1Cc2cc(Cl)c3c(Cl)c(CCCC(=O)O)[nH]c3c2NS1(=O)=O. The number of fused-ring (bicyclic) bond motifs is 3. The summed E-state index contributed by atoms with van der Waals surface area (Å²) in [5, 5.41) is 10.1. The molecule has 1 aliphatic rings. The van der Waals surface area contributed by atoms with Crippen molar-refractivity contribution in [2.75, 3.05) is 25.0 Å². The molecule has 154 valence electrons. The molecule has 0 bridgehead atoms. The van der Waals surface area contributed by atoms with Crippen molar-refractivity contribution in [2.45, 2.75) is 32.2 Å². The Hall–Kier alpha value is -1.52. The van der Waals surface area contributed by atoms with Crippen molar-refractivity contribution in [3.05, 3.63) is 27.4 Å². The van der Waals surface area contributed by atoms with Crippen LogP contribution < -0.4 is 4.72 Å². The molecule has 0 fully saturated rings. The Morgan fingerprint density at radius 2 is 2.11 bits per heavy atom. The van der Waals surface area contributed by atoms with Gasteiger partial charge in [-0.25, -0.2) is 0 Å². The number of carboxylic acids is 1. The fraction of sp³-hybridized carbons (Fsp3) is 0.471. The number of hydrogen-bond donors (Lipinski definition) is 3. The summed E-state index contributed by atoms with van der Waals surface area (Å²) < 4.78 is 34.2. The Kier molecular flexibility index (Phi) is 6.41. The van der Waals surface area contributed by atoms with Gasteiger partial charge >= 0.3 is 16.2 Å². The van der Waals surface area contributed by atoms with Crippen molar-refractivity contribution in [3.8, 4) is 0 Å². The summed E-state index contributed by atoms with van der Waals surface area (Å²) in [6, 6.07) is 1.71. The standard InChI is InChI=1S/C17H21Cl2N3O5S/c1-27-7-3-6-22-9-10-8-11(18)14-15(19)12(4-2-5-13(23)24)20-17(14)16(10)21-28(22,25)26/h8,20-21H,2-7,9H2,1H3,(H,23,24). The molecule has 0 amide bonds. The minimum Gasteiger partial charge on any atom is -0.481 e. The number of nitrogens with zero attached hydrogens (tertiary/aromatic N) is 1. The molecule has 1 aliphatic heterocycles. The van der Waals surface area contributed by atoms with E-state index in [0.29, 0.717) is 64.7 Å². The number of H-pyrrole nitrogens is 1. The van der Waals surface area contributed by atoms with Crippen LogP contribution in [0.2, 0.25) is 10.0 Å². The van der Waals surface area contributed by atoms with Crippen LogP contribution in [0, 0.1) is 0 Å². The third-order valence-corrected chi connectivity index (χ3v) is 6.78. The van der Waals surface area contributed by atoms with E-state index < -0.39 is 16.2 Å². The van der Waals surface area contributed by atoms with Gasteiger partial charge in [0.05, 0.1) is 21.2 Å². The molecule has 0 atom stereocenters. The van der Waals surface area contributed by atoms with Gasteiger partial charge in [-0.05, 0) is 30.9 Å². The van der Waals surface area contributed by atoms with Crippen LogP contribution in [-0.4, -0.2) is 49.0 Å². The first-order chi connectivity index (χ1) is 13.2. The summed E-state index contributed by atoms with van der Waals surface area (Å²) in [5.41, 5.74) is 2.31. The van der Waals surface area contributed by atoms with Gasteiger partial charge in [-0.1, -0.05) is 23.2 Å². The second-order valence-electron chi connectivity index (χ2n) is 6.59. The van der Waals surface area contributed by atoms with E-state index in [1.807, 2.05) is 0 Å². The first kappa shape index (κ1) is 21.2. The van der Waals surface area contributed by atoms with E-state index in [1.54, 1.807) is 13.2 Å². The van der Waals surface area contributed by atoms with E-state index in [9.17, 15) is 13.2 Å². The second-order valence-corrected chi connectivity index (χ2v) is 9.05. The number of carboxylic acid groups (broad SMARTS) is 1. The highest BCUT2D eigenvalue weighted by molar-refractivity contribution is 7.90. The van der Waals surface area contributed by atoms with Gasteiger partial charge in [-0.3, -0.25) is 9.52 Å². The topological polar surface area (TPSA) is 112 Å². The fourth-order valence-corrected chi connectivity index (χ4v) is 5.29. The highest BCUT2D eigenvalue weighted by Gasteiger charge is 2.31. The molecule has 0 aliphatic carbocycles. The maximum Gasteiger partial charge on any atom is 0.303 e. The molecular formula is C17H21Cl2N3O5S. The van der Waals surface area contributed by atoms with Crippen LogP contribution in [0.1, 0.15) is 30.5 Å². The lowest BCUT2D eigenvalue weighted by Crippen LogP contribution is -2.40. The van der Waals surface area contributed by atoms with E-state index in [1.165, 1.54) is 4.31 Å². The smallest absolute Gasteiger partial charge is 0.303 e. The molecular weight excluding hydrogens is 429 g/mol. The van der Waals surface area contributed by atoms with Crippen molar-refractivity contribution in [1.82, 2.24) is 9.29 Å². The average molecular weight is 450 g/mol. The number of benzene rings is 1. The monoisotopic (exact) mass is 449 g/mol. The number of ether oxygens (including phenoxy) is 1. The van der Waals surface area contributed by atoms with Crippen LogP contribution in [0.15, 0.2) is 6.07 Å². The first-order valence-corrected chi connectivity index (χ1v) is 10.9. The summed E-state index contributed by atoms with van der Waals surface area (Å²) in [4.78, 5) is 13.9. The second kappa shape index (κ2) is 8.46. The third-order valence-electron chi connectivity index (χ3n) is 4.61. The lowest BCUT2D eigenvalue weighted by Gasteiger charge is -2.29. The van der Waals surface area contributed by atoms with Gasteiger partial charge in [-0.2, -0.15) is 12.7 Å². The number of aliphatic carboxylic acids is 1. The van der Waals surface area contributed by atoms with Gasteiger partial charge in [-0.15, -0.1) is 0 Å². The van der Waals surface area contributed by atoms with Crippen molar-refractivity contribution < 1.29 is 23.1 Å². The maximum atomic E-state index is 12.6. The van der Waals surface area contributed by atoms with Crippen molar-refractivity contribution in [1.29, 1.82) is 0 Å². The molecule has 0 saturated carbocycles. The molecule has 11 heteroatoms. The maximum absolute atomic E-state index is 12.6. The molecule has 1 aromatic carbocycles. The highest BCUT2D eigenvalue weighted by Crippen LogP contribution is 2.42. The number of methoxy groups -OCH3 is 1. The Balaban J connectivity index is 1.97. The molecule has 0 saturated heterocycles. The van der Waals surface area contributed by atoms with E-state index in [-0.39, 0.29) is 13.0 Å². The minimum atomic E-state index is -3.71. The van der Waals surface area contributed by atoms with Crippen LogP contribution in [0.4, 0.5) is 5.69 Å².